The number of hydrogen-bond acceptors (Lipinski definition) is 23. The maximum atomic E-state index is 10.6. The van der Waals surface area contributed by atoms with Crippen LogP contribution in [0.15, 0.2) is 88.3 Å². The van der Waals surface area contributed by atoms with Gasteiger partial charge in [0, 0.05) is 29.4 Å². The Morgan fingerprint density at radius 1 is 0.544 bits per heavy atom. The predicted octanol–water partition coefficient (Wildman–Crippen LogP) is -4.38. The van der Waals surface area contributed by atoms with E-state index in [4.69, 9.17) is 87.5 Å². The van der Waals surface area contributed by atoms with Crippen LogP contribution in [-0.2, 0) is 38.7 Å². The molecule has 0 aromatic heterocycles. The van der Waals surface area contributed by atoms with Gasteiger partial charge in [0.15, 0.2) is 6.29 Å². The topological polar surface area (TPSA) is 396 Å². The van der Waals surface area contributed by atoms with Crippen LogP contribution in [0.25, 0.3) is 0 Å². The largest absolute Gasteiger partial charge is 1.00 e. The number of nitrogens with zero attached hydrogens (tertiary/aromatic N) is 6. The van der Waals surface area contributed by atoms with E-state index in [0.29, 0.717) is 22.6 Å². The summed E-state index contributed by atoms with van der Waals surface area (Å²) in [6.07, 6.45) is 4.00. The number of anilines is 1. The maximum absolute atomic E-state index is 10.6. The second kappa shape index (κ2) is 52.5. The molecule has 4 rings (SSSR count). The molecule has 0 radical (unpaired) electrons. The van der Waals surface area contributed by atoms with Crippen LogP contribution in [0.5, 0.6) is 0 Å². The van der Waals surface area contributed by atoms with E-state index in [1.807, 2.05) is 4.93 Å². The van der Waals surface area contributed by atoms with Gasteiger partial charge in [0.05, 0.1) is 64.6 Å². The van der Waals surface area contributed by atoms with E-state index in [-0.39, 0.29) is 157 Å². The van der Waals surface area contributed by atoms with E-state index in [2.05, 4.69) is 62.4 Å². The molecular formula is C34H31Cl4IN7Na3O19. The van der Waals surface area contributed by atoms with Crippen LogP contribution in [0.4, 0.5) is 22.7 Å². The first kappa shape index (κ1) is 78.3. The number of nitro benzene ring substituents is 3. The zero-order valence-electron chi connectivity index (χ0n) is 35.9. The summed E-state index contributed by atoms with van der Waals surface area (Å²) in [7, 11) is 2.81. The van der Waals surface area contributed by atoms with Crippen LogP contribution >= 0.6 is 69.0 Å². The third kappa shape index (κ3) is 36.2. The fraction of sp³-hybridized carbons (Fsp3) is 0.0882. The van der Waals surface area contributed by atoms with Crippen molar-refractivity contribution in [3.8, 4) is 0 Å². The number of aldehydes is 1. The molecule has 0 saturated carbocycles. The molecule has 68 heavy (non-hydrogen) atoms. The Morgan fingerprint density at radius 3 is 1.06 bits per heavy atom. The monoisotopic (exact) mass is 1180 g/mol. The number of carbonyl (C=O) groups excluding carboxylic acids is 4. The number of rotatable bonds is 12. The van der Waals surface area contributed by atoms with Gasteiger partial charge in [-0.1, -0.05) is 109 Å². The number of alkyl halides is 1. The average Bonchev–Trinajstić information content (AvgIpc) is 3.30. The number of nitro groups is 3. The molecule has 3 N–H and O–H groups in total. The van der Waals surface area contributed by atoms with Crippen molar-refractivity contribution in [1.29, 1.82) is 0 Å². The summed E-state index contributed by atoms with van der Waals surface area (Å²) in [5, 5.41) is 75.7. The number of oxime groups is 3. The molecule has 0 atom stereocenters. The zero-order valence-corrected chi connectivity index (χ0v) is 47.1. The first-order valence-corrected chi connectivity index (χ1v) is 19.3. The van der Waals surface area contributed by atoms with Crippen molar-refractivity contribution < 1.29 is 168 Å². The molecule has 354 valence electrons. The Hall–Kier alpha value is -3.86. The smallest absolute Gasteiger partial charge is 0.662 e. The van der Waals surface area contributed by atoms with Gasteiger partial charge < -0.3 is 51.1 Å². The van der Waals surface area contributed by atoms with Gasteiger partial charge in [-0.15, -0.1) is 0 Å². The molecule has 0 aliphatic rings. The number of benzene rings is 4. The van der Waals surface area contributed by atoms with Gasteiger partial charge in [-0.3, -0.25) is 49.5 Å². The molecule has 0 amide bonds. The van der Waals surface area contributed by atoms with Gasteiger partial charge in [0.25, 0.3) is 36.5 Å². The molecule has 0 unspecified atom stereocenters. The van der Waals surface area contributed by atoms with E-state index < -0.39 is 14.8 Å². The van der Waals surface area contributed by atoms with Crippen LogP contribution in [0.3, 0.4) is 0 Å². The van der Waals surface area contributed by atoms with Crippen molar-refractivity contribution in [2.45, 2.75) is 0 Å². The molecule has 0 heterocycles. The van der Waals surface area contributed by atoms with E-state index >= 15 is 0 Å². The number of hydrogen-bond donors (Lipinski definition) is 2. The molecule has 0 aliphatic carbocycles. The van der Waals surface area contributed by atoms with Gasteiger partial charge in [-0.05, 0) is 35.3 Å². The van der Waals surface area contributed by atoms with Crippen LogP contribution in [0.1, 0.15) is 27.0 Å². The average molecular weight is 1180 g/mol. The summed E-state index contributed by atoms with van der Waals surface area (Å²) in [6.45, 7) is -0.542. The van der Waals surface area contributed by atoms with Crippen molar-refractivity contribution in [2.75, 3.05) is 24.9 Å². The van der Waals surface area contributed by atoms with Crippen LogP contribution < -0.4 is 110 Å². The van der Waals surface area contributed by atoms with Crippen molar-refractivity contribution in [2.24, 2.45) is 15.5 Å². The quantitative estimate of drug-likeness (QED) is 0.0129. The minimum atomic E-state index is -0.643. The Kier molecular flexibility index (Phi) is 60.5. The predicted molar refractivity (Wildman–Crippen MR) is 236 cm³/mol. The first-order chi connectivity index (χ1) is 31.0. The summed E-state index contributed by atoms with van der Waals surface area (Å²) in [5.41, 5.74) is 6.60. The van der Waals surface area contributed by atoms with Crippen LogP contribution in [0.2, 0.25) is 20.1 Å². The summed E-state index contributed by atoms with van der Waals surface area (Å²) < 4.78 is 0. The zero-order chi connectivity index (χ0) is 50.8. The van der Waals surface area contributed by atoms with E-state index in [9.17, 15) is 35.1 Å². The van der Waals surface area contributed by atoms with Crippen LogP contribution in [-0.4, -0.2) is 83.5 Å². The first-order valence-electron chi connectivity index (χ1n) is 15.6. The number of carbonyl (C=O) groups is 4. The maximum Gasteiger partial charge on any atom is 1.00 e. The standard InChI is InChI=1S/C8H7ClN2O3.C8H9ClN2O.C7H5ClN2O3.C7H4ClNO3.CH3I.3CH2O3.3Na/c1-14-10-5-6-7(9)3-2-4-8(6)11(12)13;1-12-11-5-6-7(9)3-2-4-8(6)10;8-6-2-1-3-7(10(12)13)5(6)4-9-11;8-6-2-1-3-7(9(11)12)5(6)4-10;1-2;3*2-1-4-3;;;/h2-5H,1H3;2-5H,10H2,1H3;1-4,11H;1-4H;1H3;3*1,3H;;;/q;;;;;;;;3*+1/p-3/b10-5-;11-5-;9-4-;;;;;;;;. The van der Waals surface area contributed by atoms with Gasteiger partial charge >= 0.3 is 88.7 Å². The molecule has 26 nitrogen and oxygen atoms in total. The van der Waals surface area contributed by atoms with Gasteiger partial charge in [-0.25, -0.2) is 0 Å². The van der Waals surface area contributed by atoms with Crippen molar-refractivity contribution >= 4 is 136 Å². The molecule has 0 bridgehead atoms. The number of halogens is 5. The number of nitrogen functional groups attached to an aromatic ring is 1. The molecular weight excluding hydrogens is 1150 g/mol. The molecule has 34 heteroatoms. The van der Waals surface area contributed by atoms with E-state index in [1.165, 1.54) is 75.2 Å². The summed E-state index contributed by atoms with van der Waals surface area (Å²) in [6, 6.07) is 18.0. The fourth-order valence-corrected chi connectivity index (χ4v) is 4.27. The van der Waals surface area contributed by atoms with E-state index in [0.717, 1.165) is 6.21 Å². The Labute approximate surface area is 484 Å². The summed E-state index contributed by atoms with van der Waals surface area (Å²) >= 11 is 24.9. The molecule has 0 aliphatic heterocycles. The molecule has 4 aromatic carbocycles. The second-order valence-corrected chi connectivity index (χ2v) is 10.9. The SMILES string of the molecule is CI.CO/N=C\c1c(Cl)cccc1[N+](=O)[O-].CO/N=C\c1c(N)cccc1Cl.O=CO[O-].O=CO[O-].O=CO[O-].O=Cc1c(Cl)cccc1[N+](=O)[O-].O=[N+]([O-])c1cccc(Cl)c1/C=N\O.[Na+].[Na+].[Na+]. The third-order valence-electron chi connectivity index (χ3n) is 5.76. The van der Waals surface area contributed by atoms with E-state index in [1.54, 1.807) is 24.3 Å². The van der Waals surface area contributed by atoms with Crippen molar-refractivity contribution in [3.63, 3.8) is 0 Å². The van der Waals surface area contributed by atoms with Gasteiger partial charge in [0.1, 0.15) is 19.8 Å². The molecule has 0 spiro atoms. The third-order valence-corrected chi connectivity index (χ3v) is 7.08. The number of nitrogens with two attached hydrogens (primary N) is 1. The fourth-order valence-electron chi connectivity index (χ4n) is 3.39. The van der Waals surface area contributed by atoms with Crippen molar-refractivity contribution in [1.82, 2.24) is 0 Å². The summed E-state index contributed by atoms with van der Waals surface area (Å²) in [4.78, 5) is 84.6. The normalized spacial score (nSPS) is 8.69. The Balaban J connectivity index is -0.000000132. The van der Waals surface area contributed by atoms with Gasteiger partial charge in [0.2, 0.25) is 0 Å². The molecule has 0 fully saturated rings. The second-order valence-electron chi connectivity index (χ2n) is 9.31. The van der Waals surface area contributed by atoms with Crippen LogP contribution in [0, 0.1) is 30.3 Å². The minimum Gasteiger partial charge on any atom is -0.662 e. The Bertz CT molecular complexity index is 2140. The van der Waals surface area contributed by atoms with Gasteiger partial charge in [-0.2, -0.15) is 0 Å². The molecule has 4 aromatic rings. The van der Waals surface area contributed by atoms with Crippen molar-refractivity contribution in [3.05, 3.63) is 145 Å². The Morgan fingerprint density at radius 2 is 0.809 bits per heavy atom. The summed E-state index contributed by atoms with van der Waals surface area (Å²) in [5.74, 6) is 0. The minimum absolute atomic E-state index is 0. The molecule has 0 saturated heterocycles.